The molecule has 4 rings (SSSR count). The number of nitrogen functional groups attached to an aromatic ring is 1. The van der Waals surface area contributed by atoms with Gasteiger partial charge in [0, 0.05) is 17.4 Å². The minimum Gasteiger partial charge on any atom is -0.462 e. The molecule has 1 aliphatic rings. The van der Waals surface area contributed by atoms with E-state index >= 15 is 0 Å². The van der Waals surface area contributed by atoms with E-state index < -0.39 is 0 Å². The first-order chi connectivity index (χ1) is 12.0. The Hall–Kier alpha value is -2.32. The molecule has 0 bridgehead atoms. The fourth-order valence-electron chi connectivity index (χ4n) is 2.84. The Morgan fingerprint density at radius 2 is 2.08 bits per heavy atom. The van der Waals surface area contributed by atoms with Gasteiger partial charge in [0.15, 0.2) is 5.16 Å². The van der Waals surface area contributed by atoms with Crippen LogP contribution in [0.1, 0.15) is 13.3 Å². The number of thiophene rings is 1. The van der Waals surface area contributed by atoms with Crippen molar-refractivity contribution in [1.29, 1.82) is 0 Å². The van der Waals surface area contributed by atoms with Gasteiger partial charge < -0.3 is 10.6 Å². The van der Waals surface area contributed by atoms with Gasteiger partial charge in [0.1, 0.15) is 16.2 Å². The fraction of sp³-hybridized carbons (Fsp3) is 0.235. The molecule has 0 saturated carbocycles. The summed E-state index contributed by atoms with van der Waals surface area (Å²) in [6, 6.07) is 9.66. The van der Waals surface area contributed by atoms with E-state index in [1.54, 1.807) is 0 Å². The molecule has 3 aromatic rings. The third kappa shape index (κ3) is 2.81. The minimum atomic E-state index is -0.386. The van der Waals surface area contributed by atoms with Gasteiger partial charge in [-0.05, 0) is 12.5 Å². The summed E-state index contributed by atoms with van der Waals surface area (Å²) in [5, 5.41) is 2.36. The normalized spacial score (nSPS) is 20.1. The predicted octanol–water partition coefficient (Wildman–Crippen LogP) is 2.63. The molecule has 1 aliphatic heterocycles. The first kappa shape index (κ1) is 16.2. The molecule has 0 spiro atoms. The molecule has 2 N–H and O–H groups in total. The van der Waals surface area contributed by atoms with E-state index in [-0.39, 0.29) is 22.9 Å². The van der Waals surface area contributed by atoms with Gasteiger partial charge in [-0.15, -0.1) is 11.3 Å². The maximum absolute atomic E-state index is 12.8. The van der Waals surface area contributed by atoms with Crippen LogP contribution >= 0.6 is 23.1 Å². The fourth-order valence-corrected chi connectivity index (χ4v) is 4.95. The van der Waals surface area contributed by atoms with Crippen molar-refractivity contribution in [2.24, 2.45) is 0 Å². The van der Waals surface area contributed by atoms with Gasteiger partial charge in [-0.1, -0.05) is 42.1 Å². The van der Waals surface area contributed by atoms with Gasteiger partial charge >= 0.3 is 5.97 Å². The van der Waals surface area contributed by atoms with E-state index in [1.807, 2.05) is 42.6 Å². The number of hydrogen-bond acceptors (Lipinski definition) is 7. The summed E-state index contributed by atoms with van der Waals surface area (Å²) in [6.07, 6.45) is 0.454. The topological polar surface area (TPSA) is 87.2 Å². The summed E-state index contributed by atoms with van der Waals surface area (Å²) in [5.74, 6) is 5.70. The average molecular weight is 373 g/mol. The summed E-state index contributed by atoms with van der Waals surface area (Å²) in [5.41, 5.74) is 1.45. The maximum atomic E-state index is 12.8. The second-order valence-electron chi connectivity index (χ2n) is 5.85. The Morgan fingerprint density at radius 3 is 2.76 bits per heavy atom. The highest BCUT2D eigenvalue weighted by molar-refractivity contribution is 8.00. The summed E-state index contributed by atoms with van der Waals surface area (Å²) >= 11 is 2.58. The van der Waals surface area contributed by atoms with Crippen LogP contribution in [0.2, 0.25) is 0 Å². The van der Waals surface area contributed by atoms with E-state index in [0.717, 1.165) is 15.8 Å². The molecular weight excluding hydrogens is 358 g/mol. The van der Waals surface area contributed by atoms with Crippen LogP contribution in [-0.2, 0) is 9.53 Å². The standard InChI is InChI=1S/C17H15N3O3S2/c1-9-7-12(16(22)23-9)25-17-19-14-13(15(21)20(17)18)11(8-24-14)10-5-3-2-4-6-10/h2-6,8-9,12H,7,18H2,1H3/t9-,12-/m1/s1. The van der Waals surface area contributed by atoms with Crippen molar-refractivity contribution in [3.05, 3.63) is 46.1 Å². The first-order valence-electron chi connectivity index (χ1n) is 7.76. The number of nitrogens with two attached hydrogens (primary N) is 1. The predicted molar refractivity (Wildman–Crippen MR) is 99.3 cm³/mol. The Morgan fingerprint density at radius 1 is 1.32 bits per heavy atom. The Bertz CT molecular complexity index is 1010. The molecule has 0 amide bonds. The molecular formula is C17H15N3O3S2. The Labute approximate surface area is 151 Å². The number of ether oxygens (including phenoxy) is 1. The molecule has 8 heteroatoms. The van der Waals surface area contributed by atoms with E-state index in [4.69, 9.17) is 10.6 Å². The Balaban J connectivity index is 1.78. The van der Waals surface area contributed by atoms with E-state index in [9.17, 15) is 9.59 Å². The van der Waals surface area contributed by atoms with Crippen molar-refractivity contribution >= 4 is 39.3 Å². The molecule has 128 valence electrons. The van der Waals surface area contributed by atoms with Crippen LogP contribution in [0.25, 0.3) is 21.3 Å². The van der Waals surface area contributed by atoms with E-state index in [1.165, 1.54) is 23.1 Å². The van der Waals surface area contributed by atoms with Gasteiger partial charge in [-0.25, -0.2) is 9.66 Å². The minimum absolute atomic E-state index is 0.127. The zero-order valence-electron chi connectivity index (χ0n) is 13.3. The Kier molecular flexibility index (Phi) is 4.01. The molecule has 6 nitrogen and oxygen atoms in total. The highest BCUT2D eigenvalue weighted by Gasteiger charge is 2.34. The molecule has 3 heterocycles. The second-order valence-corrected chi connectivity index (χ2v) is 7.88. The van der Waals surface area contributed by atoms with Crippen LogP contribution in [0.3, 0.4) is 0 Å². The number of aromatic nitrogens is 2. The lowest BCUT2D eigenvalue weighted by atomic mass is 10.1. The zero-order chi connectivity index (χ0) is 17.6. The number of rotatable bonds is 3. The monoisotopic (exact) mass is 373 g/mol. The van der Waals surface area contributed by atoms with Gasteiger partial charge in [-0.3, -0.25) is 9.59 Å². The smallest absolute Gasteiger partial charge is 0.319 e. The zero-order valence-corrected chi connectivity index (χ0v) is 15.0. The molecule has 0 radical (unpaired) electrons. The summed E-state index contributed by atoms with van der Waals surface area (Å²) < 4.78 is 6.18. The van der Waals surface area contributed by atoms with Gasteiger partial charge in [-0.2, -0.15) is 0 Å². The van der Waals surface area contributed by atoms with Crippen LogP contribution < -0.4 is 11.4 Å². The molecule has 1 saturated heterocycles. The number of fused-ring (bicyclic) bond motifs is 1. The molecule has 25 heavy (non-hydrogen) atoms. The quantitative estimate of drug-likeness (QED) is 0.431. The van der Waals surface area contributed by atoms with Crippen LogP contribution in [0.5, 0.6) is 0 Å². The number of carbonyl (C=O) groups is 1. The molecule has 2 atom stereocenters. The van der Waals surface area contributed by atoms with Gasteiger partial charge in [0.2, 0.25) is 0 Å². The molecule has 1 aromatic carbocycles. The third-order valence-corrected chi connectivity index (χ3v) is 6.11. The third-order valence-electron chi connectivity index (χ3n) is 4.07. The highest BCUT2D eigenvalue weighted by atomic mass is 32.2. The van der Waals surface area contributed by atoms with Crippen molar-refractivity contribution in [1.82, 2.24) is 9.66 Å². The lowest BCUT2D eigenvalue weighted by Gasteiger charge is -2.09. The number of hydrogen-bond donors (Lipinski definition) is 1. The summed E-state index contributed by atoms with van der Waals surface area (Å²) in [7, 11) is 0. The number of benzene rings is 1. The first-order valence-corrected chi connectivity index (χ1v) is 9.52. The molecule has 1 fully saturated rings. The second kappa shape index (κ2) is 6.20. The SMILES string of the molecule is C[C@@H]1C[C@@H](Sc2nc3scc(-c4ccccc4)c3c(=O)n2N)C(=O)O1. The van der Waals surface area contributed by atoms with Crippen molar-refractivity contribution in [3.8, 4) is 11.1 Å². The van der Waals surface area contributed by atoms with Crippen LogP contribution in [-0.4, -0.2) is 27.0 Å². The average Bonchev–Trinajstić information content (AvgIpc) is 3.16. The molecule has 0 aliphatic carbocycles. The van der Waals surface area contributed by atoms with E-state index in [0.29, 0.717) is 21.8 Å². The highest BCUT2D eigenvalue weighted by Crippen LogP contribution is 2.34. The molecule has 2 aromatic heterocycles. The van der Waals surface area contributed by atoms with Crippen LogP contribution in [0.15, 0.2) is 45.7 Å². The van der Waals surface area contributed by atoms with Crippen molar-refractivity contribution in [2.45, 2.75) is 29.9 Å². The number of thioether (sulfide) groups is 1. The number of nitrogens with zero attached hydrogens (tertiary/aromatic N) is 2. The van der Waals surface area contributed by atoms with Gasteiger partial charge in [0.05, 0.1) is 5.39 Å². The van der Waals surface area contributed by atoms with Crippen molar-refractivity contribution in [3.63, 3.8) is 0 Å². The molecule has 0 unspecified atom stereocenters. The van der Waals surface area contributed by atoms with Crippen molar-refractivity contribution in [2.75, 3.05) is 5.84 Å². The largest absolute Gasteiger partial charge is 0.462 e. The van der Waals surface area contributed by atoms with Crippen LogP contribution in [0.4, 0.5) is 0 Å². The lowest BCUT2D eigenvalue weighted by molar-refractivity contribution is -0.140. The number of esters is 1. The lowest BCUT2D eigenvalue weighted by Crippen LogP contribution is -2.30. The van der Waals surface area contributed by atoms with Gasteiger partial charge in [0.25, 0.3) is 5.56 Å². The number of cyclic esters (lactones) is 1. The van der Waals surface area contributed by atoms with Crippen LogP contribution in [0, 0.1) is 0 Å². The van der Waals surface area contributed by atoms with E-state index in [2.05, 4.69) is 4.98 Å². The summed E-state index contributed by atoms with van der Waals surface area (Å²) in [6.45, 7) is 1.84. The maximum Gasteiger partial charge on any atom is 0.319 e. The van der Waals surface area contributed by atoms with Crippen molar-refractivity contribution < 1.29 is 9.53 Å². The summed E-state index contributed by atoms with van der Waals surface area (Å²) in [4.78, 5) is 29.8. The number of carbonyl (C=O) groups excluding carboxylic acids is 1.